The maximum atomic E-state index is 5.60. The minimum atomic E-state index is 0.505. The van der Waals surface area contributed by atoms with E-state index in [0.717, 1.165) is 36.9 Å². The second-order valence-electron chi connectivity index (χ2n) is 7.13. The molecule has 0 radical (unpaired) electrons. The average Bonchev–Trinajstić information content (AvgIpc) is 3.36. The zero-order chi connectivity index (χ0) is 21.2. The third kappa shape index (κ3) is 6.22. The fourth-order valence-electron chi connectivity index (χ4n) is 3.24. The van der Waals surface area contributed by atoms with Crippen molar-refractivity contribution in [3.05, 3.63) is 77.0 Å². The Morgan fingerprint density at radius 3 is 2.70 bits per heavy atom. The largest absolute Gasteiger partial charge is 0.467 e. The lowest BCUT2D eigenvalue weighted by Gasteiger charge is -2.12. The first kappa shape index (κ1) is 21.6. The quantitative estimate of drug-likeness (QED) is 0.305. The molecule has 0 bridgehead atoms. The van der Waals surface area contributed by atoms with Crippen LogP contribution in [0.1, 0.15) is 34.7 Å². The van der Waals surface area contributed by atoms with E-state index in [0.29, 0.717) is 19.8 Å². The van der Waals surface area contributed by atoms with Crippen molar-refractivity contribution in [3.63, 3.8) is 0 Å². The maximum Gasteiger partial charge on any atom is 0.191 e. The van der Waals surface area contributed by atoms with Crippen LogP contribution in [0.5, 0.6) is 0 Å². The molecule has 0 aliphatic heterocycles. The van der Waals surface area contributed by atoms with Crippen LogP contribution in [0.4, 0.5) is 0 Å². The number of aromatic nitrogens is 2. The van der Waals surface area contributed by atoms with Crippen LogP contribution in [0.3, 0.4) is 0 Å². The smallest absolute Gasteiger partial charge is 0.191 e. The number of aryl methyl sites for hydroxylation is 1. The van der Waals surface area contributed by atoms with Crippen LogP contribution in [0.25, 0.3) is 0 Å². The molecule has 0 saturated carbocycles. The van der Waals surface area contributed by atoms with E-state index in [1.54, 1.807) is 13.3 Å². The number of guanidine groups is 1. The highest BCUT2D eigenvalue weighted by Crippen LogP contribution is 2.14. The Kier molecular flexibility index (Phi) is 8.09. The Labute approximate surface area is 178 Å². The van der Waals surface area contributed by atoms with Gasteiger partial charge in [-0.15, -0.1) is 0 Å². The van der Waals surface area contributed by atoms with Crippen molar-refractivity contribution in [3.8, 4) is 0 Å². The zero-order valence-corrected chi connectivity index (χ0v) is 18.0. The van der Waals surface area contributed by atoms with Gasteiger partial charge in [0.05, 0.1) is 18.5 Å². The summed E-state index contributed by atoms with van der Waals surface area (Å²) in [7, 11) is 1.78. The van der Waals surface area contributed by atoms with Gasteiger partial charge >= 0.3 is 0 Å². The fourth-order valence-corrected chi connectivity index (χ4v) is 3.24. The van der Waals surface area contributed by atoms with Gasteiger partial charge in [-0.1, -0.05) is 30.3 Å². The van der Waals surface area contributed by atoms with Crippen LogP contribution in [-0.2, 0) is 24.4 Å². The Bertz CT molecular complexity index is 917. The number of aliphatic imine (C=N–C) groups is 1. The van der Waals surface area contributed by atoms with Gasteiger partial charge in [-0.3, -0.25) is 9.67 Å². The Balaban J connectivity index is 1.42. The molecule has 2 heterocycles. The minimum absolute atomic E-state index is 0.505. The van der Waals surface area contributed by atoms with E-state index in [1.807, 2.05) is 18.2 Å². The van der Waals surface area contributed by atoms with E-state index in [4.69, 9.17) is 14.3 Å². The Hall–Kier alpha value is -3.06. The van der Waals surface area contributed by atoms with Crippen molar-refractivity contribution in [2.45, 2.75) is 40.0 Å². The normalized spacial score (nSPS) is 11.6. The molecule has 2 N–H and O–H groups in total. The van der Waals surface area contributed by atoms with Crippen molar-refractivity contribution >= 4 is 5.96 Å². The summed E-state index contributed by atoms with van der Waals surface area (Å²) in [5.74, 6) is 1.62. The summed E-state index contributed by atoms with van der Waals surface area (Å²) in [6, 6.07) is 14.2. The highest BCUT2D eigenvalue weighted by atomic mass is 16.5. The van der Waals surface area contributed by atoms with Gasteiger partial charge in [0.15, 0.2) is 5.96 Å². The van der Waals surface area contributed by atoms with Crippen molar-refractivity contribution < 1.29 is 9.15 Å². The summed E-state index contributed by atoms with van der Waals surface area (Å²) in [5, 5.41) is 11.4. The van der Waals surface area contributed by atoms with Crippen molar-refractivity contribution in [1.29, 1.82) is 0 Å². The second kappa shape index (κ2) is 11.2. The van der Waals surface area contributed by atoms with E-state index in [1.165, 1.54) is 16.8 Å². The molecule has 160 valence electrons. The van der Waals surface area contributed by atoms with Crippen LogP contribution >= 0.6 is 0 Å². The van der Waals surface area contributed by atoms with Crippen LogP contribution in [0.15, 0.2) is 58.1 Å². The third-order valence-electron chi connectivity index (χ3n) is 4.95. The summed E-state index contributed by atoms with van der Waals surface area (Å²) >= 11 is 0. The number of furan rings is 1. The average molecular weight is 410 g/mol. The predicted molar refractivity (Wildman–Crippen MR) is 118 cm³/mol. The lowest BCUT2D eigenvalue weighted by molar-refractivity contribution is 0.105. The van der Waals surface area contributed by atoms with E-state index >= 15 is 0 Å². The minimum Gasteiger partial charge on any atom is -0.467 e. The van der Waals surface area contributed by atoms with Crippen LogP contribution < -0.4 is 10.6 Å². The number of rotatable bonds is 10. The zero-order valence-electron chi connectivity index (χ0n) is 18.0. The summed E-state index contributed by atoms with van der Waals surface area (Å²) in [6.07, 6.45) is 2.54. The Morgan fingerprint density at radius 1 is 1.13 bits per heavy atom. The molecule has 0 saturated heterocycles. The molecule has 0 fully saturated rings. The standard InChI is InChI=1S/C23H31N5O2/c1-18-22(19(2)28(27-18)16-20-9-5-4-6-10-20)15-26-23(24-3)25-12-8-13-29-17-21-11-7-14-30-21/h4-7,9-11,14H,8,12-13,15-17H2,1-3H3,(H2,24,25,26). The molecule has 7 nitrogen and oxygen atoms in total. The lowest BCUT2D eigenvalue weighted by atomic mass is 10.2. The van der Waals surface area contributed by atoms with E-state index in [2.05, 4.69) is 58.4 Å². The van der Waals surface area contributed by atoms with E-state index < -0.39 is 0 Å². The molecule has 0 aliphatic carbocycles. The van der Waals surface area contributed by atoms with Crippen LogP contribution in [-0.4, -0.2) is 35.9 Å². The first-order valence-electron chi connectivity index (χ1n) is 10.3. The molecule has 3 aromatic rings. The first-order valence-corrected chi connectivity index (χ1v) is 10.3. The SMILES string of the molecule is CN=C(NCCCOCc1ccco1)NCc1c(C)nn(Cc2ccccc2)c1C. The van der Waals surface area contributed by atoms with Crippen LogP contribution in [0.2, 0.25) is 0 Å². The van der Waals surface area contributed by atoms with Gasteiger partial charge in [0.2, 0.25) is 0 Å². The first-order chi connectivity index (χ1) is 14.7. The molecule has 7 heteroatoms. The number of ether oxygens (including phenoxy) is 1. The molecule has 2 aromatic heterocycles. The number of hydrogen-bond acceptors (Lipinski definition) is 4. The number of hydrogen-bond donors (Lipinski definition) is 2. The molecule has 0 amide bonds. The van der Waals surface area contributed by atoms with Crippen LogP contribution in [0, 0.1) is 13.8 Å². The van der Waals surface area contributed by atoms with Gasteiger partial charge in [0.1, 0.15) is 12.4 Å². The monoisotopic (exact) mass is 409 g/mol. The summed E-state index contributed by atoms with van der Waals surface area (Å²) < 4.78 is 12.9. The molecular formula is C23H31N5O2. The molecule has 30 heavy (non-hydrogen) atoms. The van der Waals surface area contributed by atoms with Gasteiger partial charge in [0.25, 0.3) is 0 Å². The topological polar surface area (TPSA) is 76.6 Å². The third-order valence-corrected chi connectivity index (χ3v) is 4.95. The Morgan fingerprint density at radius 2 is 1.97 bits per heavy atom. The van der Waals surface area contributed by atoms with Crippen molar-refractivity contribution in [2.24, 2.45) is 4.99 Å². The fraction of sp³-hybridized carbons (Fsp3) is 0.391. The molecule has 0 unspecified atom stereocenters. The van der Waals surface area contributed by atoms with Crippen molar-refractivity contribution in [1.82, 2.24) is 20.4 Å². The van der Waals surface area contributed by atoms with Gasteiger partial charge < -0.3 is 19.8 Å². The maximum absolute atomic E-state index is 5.60. The van der Waals surface area contributed by atoms with Crippen molar-refractivity contribution in [2.75, 3.05) is 20.2 Å². The summed E-state index contributed by atoms with van der Waals surface area (Å²) in [5.41, 5.74) is 4.66. The molecule has 1 aromatic carbocycles. The molecule has 0 aliphatic rings. The molecular weight excluding hydrogens is 378 g/mol. The van der Waals surface area contributed by atoms with Gasteiger partial charge in [-0.05, 0) is 38.0 Å². The van der Waals surface area contributed by atoms with Gasteiger partial charge in [-0.25, -0.2) is 0 Å². The molecule has 0 spiro atoms. The number of nitrogens with zero attached hydrogens (tertiary/aromatic N) is 3. The highest BCUT2D eigenvalue weighted by Gasteiger charge is 2.12. The predicted octanol–water partition coefficient (Wildman–Crippen LogP) is 3.41. The summed E-state index contributed by atoms with van der Waals surface area (Å²) in [6.45, 7) is 7.58. The molecule has 0 atom stereocenters. The van der Waals surface area contributed by atoms with E-state index in [-0.39, 0.29) is 0 Å². The van der Waals surface area contributed by atoms with E-state index in [9.17, 15) is 0 Å². The highest BCUT2D eigenvalue weighted by molar-refractivity contribution is 5.79. The second-order valence-corrected chi connectivity index (χ2v) is 7.13. The lowest BCUT2D eigenvalue weighted by Crippen LogP contribution is -2.37. The number of benzene rings is 1. The summed E-state index contributed by atoms with van der Waals surface area (Å²) in [4.78, 5) is 4.31. The number of nitrogens with one attached hydrogen (secondary N) is 2. The van der Waals surface area contributed by atoms with Gasteiger partial charge in [0, 0.05) is 38.0 Å². The molecule has 3 rings (SSSR count). The van der Waals surface area contributed by atoms with Gasteiger partial charge in [-0.2, -0.15) is 5.10 Å².